The van der Waals surface area contributed by atoms with Crippen molar-refractivity contribution in [3.8, 4) is 0 Å². The number of nitrogens with zero attached hydrogens (tertiary/aromatic N) is 3. The second-order valence-electron chi connectivity index (χ2n) is 12.0. The van der Waals surface area contributed by atoms with Gasteiger partial charge in [0.25, 0.3) is 5.91 Å². The fourth-order valence-electron chi connectivity index (χ4n) is 5.55. The van der Waals surface area contributed by atoms with Gasteiger partial charge in [0.05, 0.1) is 11.8 Å². The van der Waals surface area contributed by atoms with E-state index in [1.165, 1.54) is 5.56 Å². The van der Waals surface area contributed by atoms with Gasteiger partial charge in [-0.2, -0.15) is 0 Å². The molecule has 40 heavy (non-hydrogen) atoms. The van der Waals surface area contributed by atoms with Gasteiger partial charge >= 0.3 is 6.09 Å². The molecule has 2 amide bonds. The number of anilines is 3. The van der Waals surface area contributed by atoms with Crippen molar-refractivity contribution in [2.75, 3.05) is 23.7 Å². The van der Waals surface area contributed by atoms with Crippen LogP contribution in [0.5, 0.6) is 0 Å². The monoisotopic (exact) mass is 552 g/mol. The first kappa shape index (κ1) is 29.6. The quantitative estimate of drug-likeness (QED) is 0.375. The Morgan fingerprint density at radius 2 is 1.75 bits per heavy atom. The van der Waals surface area contributed by atoms with Crippen molar-refractivity contribution < 1.29 is 19.4 Å². The van der Waals surface area contributed by atoms with Crippen molar-refractivity contribution in [3.63, 3.8) is 0 Å². The van der Waals surface area contributed by atoms with Crippen LogP contribution in [0.4, 0.5) is 22.1 Å². The minimum absolute atomic E-state index is 0.109. The number of likely N-dealkylation sites (tertiary alicyclic amines) is 1. The second kappa shape index (κ2) is 12.4. The van der Waals surface area contributed by atoms with E-state index in [2.05, 4.69) is 28.6 Å². The van der Waals surface area contributed by atoms with E-state index in [0.717, 1.165) is 49.8 Å². The molecule has 10 nitrogen and oxygen atoms in total. The molecule has 0 atom stereocenters. The maximum atomic E-state index is 12.4. The lowest BCUT2D eigenvalue weighted by molar-refractivity contribution is 0.0204. The predicted octanol–water partition coefficient (Wildman–Crippen LogP) is 5.02. The van der Waals surface area contributed by atoms with E-state index in [-0.39, 0.29) is 23.9 Å². The number of aromatic nitrogens is 2. The number of nitrogens with one attached hydrogen (secondary N) is 2. The summed E-state index contributed by atoms with van der Waals surface area (Å²) >= 11 is 0. The number of carbonyl (C=O) groups is 2. The van der Waals surface area contributed by atoms with Gasteiger partial charge in [-0.1, -0.05) is 13.0 Å². The van der Waals surface area contributed by atoms with Gasteiger partial charge in [-0.25, -0.2) is 14.8 Å². The van der Waals surface area contributed by atoms with Crippen LogP contribution in [0, 0.1) is 6.92 Å². The molecule has 10 heteroatoms. The van der Waals surface area contributed by atoms with E-state index < -0.39 is 11.5 Å². The van der Waals surface area contributed by atoms with Crippen LogP contribution in [0.2, 0.25) is 0 Å². The third-order valence-electron chi connectivity index (χ3n) is 7.69. The van der Waals surface area contributed by atoms with Crippen molar-refractivity contribution >= 4 is 29.3 Å². The summed E-state index contributed by atoms with van der Waals surface area (Å²) in [6.07, 6.45) is 5.06. The minimum Gasteiger partial charge on any atom is -0.444 e. The average molecular weight is 553 g/mol. The molecule has 0 radical (unpaired) electrons. The first-order chi connectivity index (χ1) is 18.9. The van der Waals surface area contributed by atoms with Crippen LogP contribution in [0.3, 0.4) is 0 Å². The van der Waals surface area contributed by atoms with Gasteiger partial charge in [0.15, 0.2) is 11.5 Å². The fraction of sp³-hybridized carbons (Fsp3) is 0.600. The lowest BCUT2D eigenvalue weighted by Gasteiger charge is -2.34. The Kier molecular flexibility index (Phi) is 9.18. The van der Waals surface area contributed by atoms with Crippen LogP contribution in [-0.2, 0) is 11.2 Å². The van der Waals surface area contributed by atoms with Gasteiger partial charge in [0.2, 0.25) is 0 Å². The van der Waals surface area contributed by atoms with E-state index in [1.807, 2.05) is 39.8 Å². The van der Waals surface area contributed by atoms with E-state index in [9.17, 15) is 14.7 Å². The number of rotatable bonds is 7. The molecule has 5 N–H and O–H groups in total. The smallest absolute Gasteiger partial charge is 0.410 e. The van der Waals surface area contributed by atoms with Crippen molar-refractivity contribution in [2.45, 2.75) is 103 Å². The molecule has 1 saturated carbocycles. The van der Waals surface area contributed by atoms with Crippen molar-refractivity contribution in [1.82, 2.24) is 14.9 Å². The average Bonchev–Trinajstić information content (AvgIpc) is 2.89. The number of nitrogens with two attached hydrogens (primary N) is 1. The molecular formula is C30H44N6O4. The molecule has 1 saturated heterocycles. The summed E-state index contributed by atoms with van der Waals surface area (Å²) in [6, 6.07) is 6.33. The number of primary amides is 1. The zero-order valence-electron chi connectivity index (χ0n) is 24.4. The number of hydrogen-bond acceptors (Lipinski definition) is 8. The highest BCUT2D eigenvalue weighted by atomic mass is 16.6. The first-order valence-corrected chi connectivity index (χ1v) is 14.4. The highest BCUT2D eigenvalue weighted by molar-refractivity contribution is 5.96. The van der Waals surface area contributed by atoms with Crippen molar-refractivity contribution in [1.29, 1.82) is 0 Å². The standard InChI is InChI=1S/C30H44N6O4/c1-6-24-27(32-20-7-10-22(37)11-8-20)35-28(25(34-24)26(31)38)33-21-9-12-23(18(2)17-21)19-13-15-36(16-14-19)29(39)40-30(3,4)5/h9,12,17,19-20,22,37H,6-8,10-11,13-16H2,1-5H3,(H2,31,38)(H2,32,33,35)/t20-,22-. The molecule has 2 aromatic rings. The van der Waals surface area contributed by atoms with Crippen LogP contribution in [0.1, 0.15) is 99.4 Å². The molecule has 0 bridgehead atoms. The van der Waals surface area contributed by atoms with Crippen molar-refractivity contribution in [3.05, 3.63) is 40.7 Å². The lowest BCUT2D eigenvalue weighted by Crippen LogP contribution is -2.41. The number of ether oxygens (including phenoxy) is 1. The summed E-state index contributed by atoms with van der Waals surface area (Å²) in [5.74, 6) is 0.673. The highest BCUT2D eigenvalue weighted by Crippen LogP contribution is 2.33. The lowest BCUT2D eigenvalue weighted by atomic mass is 9.87. The maximum Gasteiger partial charge on any atom is 0.410 e. The molecule has 1 aromatic heterocycles. The third kappa shape index (κ3) is 7.41. The Balaban J connectivity index is 1.48. The first-order valence-electron chi connectivity index (χ1n) is 14.4. The number of piperidine rings is 1. The SMILES string of the molecule is CCc1nc(C(N)=O)c(Nc2ccc(C3CCN(C(=O)OC(C)(C)C)CC3)c(C)c2)nc1N[C@H]1CC[C@H](O)CC1. The molecular weight excluding hydrogens is 508 g/mol. The number of hydrogen-bond donors (Lipinski definition) is 4. The predicted molar refractivity (Wildman–Crippen MR) is 156 cm³/mol. The molecule has 2 heterocycles. The largest absolute Gasteiger partial charge is 0.444 e. The number of aliphatic hydroxyl groups is 1. The van der Waals surface area contributed by atoms with Crippen LogP contribution >= 0.6 is 0 Å². The van der Waals surface area contributed by atoms with Crippen LogP contribution < -0.4 is 16.4 Å². The minimum atomic E-state index is -0.637. The molecule has 1 aromatic carbocycles. The molecule has 1 aliphatic carbocycles. The summed E-state index contributed by atoms with van der Waals surface area (Å²) in [7, 11) is 0. The topological polar surface area (TPSA) is 143 Å². The van der Waals surface area contributed by atoms with Gasteiger partial charge in [-0.3, -0.25) is 4.79 Å². The number of aryl methyl sites for hydroxylation is 2. The molecule has 2 fully saturated rings. The normalized spacial score (nSPS) is 20.2. The summed E-state index contributed by atoms with van der Waals surface area (Å²) in [5.41, 5.74) is 9.15. The Morgan fingerprint density at radius 3 is 2.33 bits per heavy atom. The molecule has 1 aliphatic heterocycles. The Morgan fingerprint density at radius 1 is 1.07 bits per heavy atom. The Hall–Kier alpha value is -3.40. The number of carbonyl (C=O) groups excluding carboxylic acids is 2. The number of amides is 2. The van der Waals surface area contributed by atoms with Gasteiger partial charge in [-0.15, -0.1) is 0 Å². The van der Waals surface area contributed by atoms with Crippen molar-refractivity contribution in [2.24, 2.45) is 5.73 Å². The summed E-state index contributed by atoms with van der Waals surface area (Å²) in [6.45, 7) is 11.0. The number of benzene rings is 1. The van der Waals surface area contributed by atoms with Gasteiger partial charge in [-0.05, 0) is 102 Å². The second-order valence-corrected chi connectivity index (χ2v) is 12.0. The zero-order valence-corrected chi connectivity index (χ0v) is 24.4. The van der Waals surface area contributed by atoms with Crippen LogP contribution in [0.25, 0.3) is 0 Å². The molecule has 0 spiro atoms. The van der Waals surface area contributed by atoms with E-state index in [0.29, 0.717) is 42.8 Å². The molecule has 4 rings (SSSR count). The maximum absolute atomic E-state index is 12.4. The van der Waals surface area contributed by atoms with Gasteiger partial charge in [0, 0.05) is 24.8 Å². The third-order valence-corrected chi connectivity index (χ3v) is 7.69. The van der Waals surface area contributed by atoms with E-state index >= 15 is 0 Å². The molecule has 0 unspecified atom stereocenters. The molecule has 218 valence electrons. The molecule has 2 aliphatic rings. The van der Waals surface area contributed by atoms with Gasteiger partial charge < -0.3 is 31.1 Å². The Labute approximate surface area is 237 Å². The summed E-state index contributed by atoms with van der Waals surface area (Å²) in [5, 5.41) is 16.6. The van der Waals surface area contributed by atoms with E-state index in [4.69, 9.17) is 15.5 Å². The highest BCUT2D eigenvalue weighted by Gasteiger charge is 2.28. The van der Waals surface area contributed by atoms with Gasteiger partial charge in [0.1, 0.15) is 11.4 Å². The summed E-state index contributed by atoms with van der Waals surface area (Å²) < 4.78 is 5.53. The number of aliphatic hydroxyl groups excluding tert-OH is 1. The van der Waals surface area contributed by atoms with Crippen LogP contribution in [-0.4, -0.2) is 62.8 Å². The summed E-state index contributed by atoms with van der Waals surface area (Å²) in [4.78, 5) is 35.9. The van der Waals surface area contributed by atoms with Crippen LogP contribution in [0.15, 0.2) is 18.2 Å². The van der Waals surface area contributed by atoms with E-state index in [1.54, 1.807) is 4.90 Å². The fourth-order valence-corrected chi connectivity index (χ4v) is 5.55. The zero-order chi connectivity index (χ0) is 29.0. The Bertz CT molecular complexity index is 1210.